The summed E-state index contributed by atoms with van der Waals surface area (Å²) >= 11 is 0. The first-order valence-corrected chi connectivity index (χ1v) is 5.95. The smallest absolute Gasteiger partial charge is 0.0348 e. The van der Waals surface area contributed by atoms with Crippen LogP contribution in [0.4, 0.5) is 0 Å². The van der Waals surface area contributed by atoms with Crippen molar-refractivity contribution >= 4 is 0 Å². The Morgan fingerprint density at radius 1 is 1.13 bits per heavy atom. The van der Waals surface area contributed by atoms with E-state index in [0.717, 1.165) is 12.6 Å². The predicted octanol–water partition coefficient (Wildman–Crippen LogP) is 1.41. The van der Waals surface area contributed by atoms with Crippen LogP contribution in [0.5, 0.6) is 0 Å². The minimum absolute atomic E-state index is 0.788. The summed E-state index contributed by atoms with van der Waals surface area (Å²) in [6.07, 6.45) is 2.57. The molecule has 2 nitrogen and oxygen atoms in total. The second-order valence-corrected chi connectivity index (χ2v) is 4.65. The molecular formula is C13H18N2. The van der Waals surface area contributed by atoms with Gasteiger partial charge in [-0.05, 0) is 30.5 Å². The normalized spacial score (nSPS) is 22.9. The molecule has 1 aromatic rings. The second-order valence-electron chi connectivity index (χ2n) is 4.65. The molecule has 0 aliphatic carbocycles. The fraction of sp³-hybridized carbons (Fsp3) is 0.538. The number of nitrogens with zero attached hydrogens (tertiary/aromatic N) is 1. The largest absolute Gasteiger partial charge is 0.314 e. The third-order valence-corrected chi connectivity index (χ3v) is 3.66. The molecule has 80 valence electrons. The van der Waals surface area contributed by atoms with Gasteiger partial charge in [0.05, 0.1) is 0 Å². The highest BCUT2D eigenvalue weighted by Gasteiger charge is 2.25. The highest BCUT2D eigenvalue weighted by Crippen LogP contribution is 2.20. The first kappa shape index (κ1) is 9.37. The van der Waals surface area contributed by atoms with Crippen LogP contribution >= 0.6 is 0 Å². The third-order valence-electron chi connectivity index (χ3n) is 3.66. The Morgan fingerprint density at radius 2 is 1.93 bits per heavy atom. The van der Waals surface area contributed by atoms with E-state index in [1.54, 1.807) is 11.1 Å². The lowest BCUT2D eigenvalue weighted by atomic mass is 10.0. The lowest BCUT2D eigenvalue weighted by Gasteiger charge is -2.37. The highest BCUT2D eigenvalue weighted by molar-refractivity contribution is 5.28. The molecular weight excluding hydrogens is 184 g/mol. The van der Waals surface area contributed by atoms with Crippen LogP contribution in [0, 0.1) is 0 Å². The average Bonchev–Trinajstić information content (AvgIpc) is 2.37. The molecule has 2 heterocycles. The third kappa shape index (κ3) is 1.80. The van der Waals surface area contributed by atoms with Gasteiger partial charge in [0, 0.05) is 25.7 Å². The first-order valence-electron chi connectivity index (χ1n) is 5.95. The van der Waals surface area contributed by atoms with E-state index >= 15 is 0 Å². The van der Waals surface area contributed by atoms with Crippen molar-refractivity contribution in [1.82, 2.24) is 10.2 Å². The van der Waals surface area contributed by atoms with Gasteiger partial charge in [-0.25, -0.2) is 0 Å². The fourth-order valence-corrected chi connectivity index (χ4v) is 2.57. The lowest BCUT2D eigenvalue weighted by molar-refractivity contribution is 0.140. The molecule has 2 heteroatoms. The molecule has 0 bridgehead atoms. The number of aryl methyl sites for hydroxylation is 1. The summed E-state index contributed by atoms with van der Waals surface area (Å²) < 4.78 is 0. The molecule has 0 amide bonds. The van der Waals surface area contributed by atoms with Gasteiger partial charge < -0.3 is 5.32 Å². The van der Waals surface area contributed by atoms with Crippen molar-refractivity contribution in [1.29, 1.82) is 0 Å². The molecule has 2 aliphatic rings. The summed E-state index contributed by atoms with van der Waals surface area (Å²) in [6.45, 7) is 4.79. The zero-order valence-corrected chi connectivity index (χ0v) is 9.08. The number of nitrogens with one attached hydrogen (secondary N) is 1. The molecule has 3 rings (SSSR count). The van der Waals surface area contributed by atoms with Gasteiger partial charge >= 0.3 is 0 Å². The van der Waals surface area contributed by atoms with Crippen molar-refractivity contribution in [3.05, 3.63) is 35.4 Å². The standard InChI is InChI=1S/C13H18N2/c1-2-5-12-10-15(13-8-14-9-13)7-3-6-11(12)4-1/h1-2,4-5,13-14H,3,6-10H2. The van der Waals surface area contributed by atoms with Gasteiger partial charge in [-0.1, -0.05) is 24.3 Å². The van der Waals surface area contributed by atoms with Gasteiger partial charge in [-0.15, -0.1) is 0 Å². The lowest BCUT2D eigenvalue weighted by Crippen LogP contribution is -2.56. The Balaban J connectivity index is 1.81. The van der Waals surface area contributed by atoms with E-state index in [-0.39, 0.29) is 0 Å². The number of fused-ring (bicyclic) bond motifs is 1. The minimum Gasteiger partial charge on any atom is -0.314 e. The second kappa shape index (κ2) is 3.95. The quantitative estimate of drug-likeness (QED) is 0.740. The predicted molar refractivity (Wildman–Crippen MR) is 61.8 cm³/mol. The van der Waals surface area contributed by atoms with Crippen molar-refractivity contribution in [3.8, 4) is 0 Å². The fourth-order valence-electron chi connectivity index (χ4n) is 2.57. The average molecular weight is 202 g/mol. The van der Waals surface area contributed by atoms with Crippen LogP contribution in [0.15, 0.2) is 24.3 Å². The molecule has 0 radical (unpaired) electrons. The molecule has 1 saturated heterocycles. The molecule has 0 atom stereocenters. The maximum atomic E-state index is 3.36. The minimum atomic E-state index is 0.788. The van der Waals surface area contributed by atoms with Crippen molar-refractivity contribution in [2.45, 2.75) is 25.4 Å². The van der Waals surface area contributed by atoms with Crippen LogP contribution in [0.25, 0.3) is 0 Å². The highest BCUT2D eigenvalue weighted by atomic mass is 15.2. The molecule has 0 unspecified atom stereocenters. The number of hydrogen-bond donors (Lipinski definition) is 1. The summed E-state index contributed by atoms with van der Waals surface area (Å²) in [5, 5.41) is 3.36. The van der Waals surface area contributed by atoms with Crippen LogP contribution in [0.2, 0.25) is 0 Å². The molecule has 15 heavy (non-hydrogen) atoms. The van der Waals surface area contributed by atoms with E-state index in [9.17, 15) is 0 Å². The molecule has 0 saturated carbocycles. The van der Waals surface area contributed by atoms with Crippen LogP contribution < -0.4 is 5.32 Å². The van der Waals surface area contributed by atoms with Crippen LogP contribution in [-0.2, 0) is 13.0 Å². The van der Waals surface area contributed by atoms with E-state index in [1.807, 2.05) is 0 Å². The Kier molecular flexibility index (Phi) is 2.47. The molecule has 2 aliphatic heterocycles. The van der Waals surface area contributed by atoms with Gasteiger partial charge in [0.2, 0.25) is 0 Å². The topological polar surface area (TPSA) is 15.3 Å². The van der Waals surface area contributed by atoms with E-state index in [4.69, 9.17) is 0 Å². The molecule has 1 fully saturated rings. The summed E-state index contributed by atoms with van der Waals surface area (Å²) in [5.74, 6) is 0. The summed E-state index contributed by atoms with van der Waals surface area (Å²) in [7, 11) is 0. The zero-order chi connectivity index (χ0) is 10.1. The van der Waals surface area contributed by atoms with Gasteiger partial charge in [0.25, 0.3) is 0 Å². The van der Waals surface area contributed by atoms with E-state index in [1.165, 1.54) is 32.5 Å². The molecule has 1 N–H and O–H groups in total. The van der Waals surface area contributed by atoms with E-state index < -0.39 is 0 Å². The monoisotopic (exact) mass is 202 g/mol. The van der Waals surface area contributed by atoms with Crippen molar-refractivity contribution < 1.29 is 0 Å². The Hall–Kier alpha value is -0.860. The Bertz CT molecular complexity index is 344. The number of benzene rings is 1. The van der Waals surface area contributed by atoms with E-state index in [2.05, 4.69) is 34.5 Å². The Morgan fingerprint density at radius 3 is 2.67 bits per heavy atom. The SMILES string of the molecule is c1ccc2c(c1)CCCN(C1CNC1)C2. The summed E-state index contributed by atoms with van der Waals surface area (Å²) in [5.41, 5.74) is 3.11. The van der Waals surface area contributed by atoms with Crippen molar-refractivity contribution in [3.63, 3.8) is 0 Å². The number of hydrogen-bond acceptors (Lipinski definition) is 2. The van der Waals surface area contributed by atoms with Crippen molar-refractivity contribution in [2.24, 2.45) is 0 Å². The van der Waals surface area contributed by atoms with Gasteiger partial charge in [-0.2, -0.15) is 0 Å². The zero-order valence-electron chi connectivity index (χ0n) is 9.08. The molecule has 1 aromatic carbocycles. The molecule has 0 spiro atoms. The number of rotatable bonds is 1. The summed E-state index contributed by atoms with van der Waals surface area (Å²) in [4.78, 5) is 2.64. The van der Waals surface area contributed by atoms with Crippen LogP contribution in [0.3, 0.4) is 0 Å². The van der Waals surface area contributed by atoms with Gasteiger partial charge in [0.15, 0.2) is 0 Å². The van der Waals surface area contributed by atoms with Gasteiger partial charge in [-0.3, -0.25) is 4.90 Å². The maximum Gasteiger partial charge on any atom is 0.0348 e. The Labute approximate surface area is 91.3 Å². The summed E-state index contributed by atoms with van der Waals surface area (Å²) in [6, 6.07) is 9.70. The van der Waals surface area contributed by atoms with Crippen molar-refractivity contribution in [2.75, 3.05) is 19.6 Å². The maximum absolute atomic E-state index is 3.36. The van der Waals surface area contributed by atoms with Crippen LogP contribution in [-0.4, -0.2) is 30.6 Å². The van der Waals surface area contributed by atoms with E-state index in [0.29, 0.717) is 0 Å². The molecule has 0 aromatic heterocycles. The first-order chi connectivity index (χ1) is 7.43. The van der Waals surface area contributed by atoms with Gasteiger partial charge in [0.1, 0.15) is 0 Å². The van der Waals surface area contributed by atoms with Crippen LogP contribution in [0.1, 0.15) is 17.5 Å².